The van der Waals surface area contributed by atoms with Crippen molar-refractivity contribution in [1.82, 2.24) is 20.4 Å². The first-order chi connectivity index (χ1) is 13.2. The Morgan fingerprint density at radius 1 is 1.19 bits per heavy atom. The van der Waals surface area contributed by atoms with E-state index in [0.717, 1.165) is 37.8 Å². The Morgan fingerprint density at radius 2 is 1.85 bits per heavy atom. The summed E-state index contributed by atoms with van der Waals surface area (Å²) in [5.74, 6) is 4.38. The molecule has 0 spiro atoms. The molecule has 2 N–H and O–H groups in total. The number of nitrogens with one attached hydrogen (secondary N) is 2. The summed E-state index contributed by atoms with van der Waals surface area (Å²) in [6.07, 6.45) is 10.6. The third-order valence-corrected chi connectivity index (χ3v) is 7.57. The van der Waals surface area contributed by atoms with Gasteiger partial charge in [0.2, 0.25) is 5.88 Å². The average Bonchev–Trinajstić information content (AvgIpc) is 3.04. The topological polar surface area (TPSA) is 68.2 Å². The minimum Gasteiger partial charge on any atom is -0.477 e. The van der Waals surface area contributed by atoms with Crippen LogP contribution < -0.4 is 15.4 Å². The summed E-state index contributed by atoms with van der Waals surface area (Å²) in [6, 6.07) is 0.350. The van der Waals surface area contributed by atoms with Gasteiger partial charge in [-0.05, 0) is 87.6 Å². The van der Waals surface area contributed by atoms with Crippen molar-refractivity contribution < 1.29 is 9.53 Å². The molecule has 6 nitrogen and oxygen atoms in total. The van der Waals surface area contributed by atoms with Crippen molar-refractivity contribution >= 4 is 5.91 Å². The first-order valence-electron chi connectivity index (χ1n) is 10.8. The molecule has 1 aromatic rings. The number of piperidine rings is 1. The fourth-order valence-electron chi connectivity index (χ4n) is 6.39. The number of nitrogens with zero attached hydrogens (tertiary/aromatic N) is 2. The minimum atomic E-state index is 0.000819. The highest BCUT2D eigenvalue weighted by atomic mass is 16.5. The van der Waals surface area contributed by atoms with Crippen LogP contribution in [0.5, 0.6) is 5.88 Å². The van der Waals surface area contributed by atoms with Crippen molar-refractivity contribution in [2.45, 2.75) is 51.0 Å². The maximum Gasteiger partial charge on any atom is 0.258 e. The van der Waals surface area contributed by atoms with Gasteiger partial charge >= 0.3 is 0 Å². The molecule has 2 heterocycles. The SMILES string of the molecule is Cn1ncc(C(=O)NC2C3CC4CC(C3)CC2C4)c1OCC1CCNCC1. The van der Waals surface area contributed by atoms with Crippen LogP contribution in [-0.2, 0) is 7.05 Å². The molecule has 1 aromatic heterocycles. The molecule has 1 saturated heterocycles. The number of amides is 1. The largest absolute Gasteiger partial charge is 0.477 e. The van der Waals surface area contributed by atoms with Gasteiger partial charge in [-0.3, -0.25) is 4.79 Å². The summed E-state index contributed by atoms with van der Waals surface area (Å²) in [7, 11) is 1.86. The van der Waals surface area contributed by atoms with Crippen LogP contribution in [0.3, 0.4) is 0 Å². The Bertz CT molecular complexity index is 666. The highest BCUT2D eigenvalue weighted by Gasteiger charge is 2.48. The smallest absolute Gasteiger partial charge is 0.258 e. The van der Waals surface area contributed by atoms with Gasteiger partial charge in [-0.2, -0.15) is 5.10 Å². The molecule has 5 aliphatic rings. The summed E-state index contributed by atoms with van der Waals surface area (Å²) in [6.45, 7) is 2.78. The zero-order chi connectivity index (χ0) is 18.4. The summed E-state index contributed by atoms with van der Waals surface area (Å²) in [5, 5.41) is 11.1. The number of hydrogen-bond donors (Lipinski definition) is 2. The highest BCUT2D eigenvalue weighted by Crippen LogP contribution is 2.53. The van der Waals surface area contributed by atoms with Crippen molar-refractivity contribution in [2.24, 2.45) is 36.6 Å². The average molecular weight is 373 g/mol. The lowest BCUT2D eigenvalue weighted by Crippen LogP contribution is -2.55. The monoisotopic (exact) mass is 372 g/mol. The molecule has 0 radical (unpaired) electrons. The molecule has 0 aromatic carbocycles. The van der Waals surface area contributed by atoms with Gasteiger partial charge in [-0.15, -0.1) is 0 Å². The van der Waals surface area contributed by atoms with E-state index >= 15 is 0 Å². The summed E-state index contributed by atoms with van der Waals surface area (Å²) in [4.78, 5) is 13.1. The van der Waals surface area contributed by atoms with Gasteiger partial charge in [0.15, 0.2) is 0 Å². The Kier molecular flexibility index (Phi) is 4.62. The predicted octanol–water partition coefficient (Wildman–Crippen LogP) is 2.35. The van der Waals surface area contributed by atoms with Gasteiger partial charge in [-0.1, -0.05) is 0 Å². The molecule has 4 bridgehead atoms. The fourth-order valence-corrected chi connectivity index (χ4v) is 6.39. The van der Waals surface area contributed by atoms with E-state index in [2.05, 4.69) is 15.7 Å². The normalized spacial score (nSPS) is 35.4. The first kappa shape index (κ1) is 17.5. The van der Waals surface area contributed by atoms with E-state index in [1.54, 1.807) is 10.9 Å². The van der Waals surface area contributed by atoms with E-state index in [0.29, 0.717) is 41.8 Å². The number of aryl methyl sites for hydroxylation is 1. The minimum absolute atomic E-state index is 0.000819. The Hall–Kier alpha value is -1.56. The quantitative estimate of drug-likeness (QED) is 0.833. The third-order valence-electron chi connectivity index (χ3n) is 7.57. The Labute approximate surface area is 161 Å². The lowest BCUT2D eigenvalue weighted by molar-refractivity contribution is -0.0120. The van der Waals surface area contributed by atoms with E-state index in [1.165, 1.54) is 32.1 Å². The van der Waals surface area contributed by atoms with Crippen LogP contribution >= 0.6 is 0 Å². The van der Waals surface area contributed by atoms with Crippen molar-refractivity contribution in [1.29, 1.82) is 0 Å². The maximum absolute atomic E-state index is 13.1. The van der Waals surface area contributed by atoms with Gasteiger partial charge < -0.3 is 15.4 Å². The molecule has 4 aliphatic carbocycles. The maximum atomic E-state index is 13.1. The molecule has 6 rings (SSSR count). The van der Waals surface area contributed by atoms with E-state index < -0.39 is 0 Å². The highest BCUT2D eigenvalue weighted by molar-refractivity contribution is 5.96. The van der Waals surface area contributed by atoms with Crippen LogP contribution in [0.15, 0.2) is 6.20 Å². The molecule has 1 aliphatic heterocycles. The summed E-state index contributed by atoms with van der Waals surface area (Å²) < 4.78 is 7.79. The molecule has 0 atom stereocenters. The number of ether oxygens (including phenoxy) is 1. The zero-order valence-electron chi connectivity index (χ0n) is 16.3. The number of carbonyl (C=O) groups is 1. The van der Waals surface area contributed by atoms with Crippen LogP contribution in [0.4, 0.5) is 0 Å². The van der Waals surface area contributed by atoms with Crippen molar-refractivity contribution in [3.8, 4) is 5.88 Å². The van der Waals surface area contributed by atoms with Gasteiger partial charge in [-0.25, -0.2) is 4.68 Å². The first-order valence-corrected chi connectivity index (χ1v) is 10.8. The second-order valence-electron chi connectivity index (χ2n) is 9.42. The fraction of sp³-hybridized carbons (Fsp3) is 0.810. The Morgan fingerprint density at radius 3 is 2.52 bits per heavy atom. The molecule has 0 unspecified atom stereocenters. The van der Waals surface area contributed by atoms with Crippen molar-refractivity contribution in [3.63, 3.8) is 0 Å². The molecule has 6 heteroatoms. The summed E-state index contributed by atoms with van der Waals surface area (Å²) in [5.41, 5.74) is 0.597. The zero-order valence-corrected chi connectivity index (χ0v) is 16.3. The van der Waals surface area contributed by atoms with Crippen LogP contribution in [0.25, 0.3) is 0 Å². The molecule has 5 fully saturated rings. The van der Waals surface area contributed by atoms with E-state index in [4.69, 9.17) is 4.74 Å². The summed E-state index contributed by atoms with van der Waals surface area (Å²) >= 11 is 0. The van der Waals surface area contributed by atoms with Gasteiger partial charge in [0, 0.05) is 13.1 Å². The number of aromatic nitrogens is 2. The number of hydrogen-bond acceptors (Lipinski definition) is 4. The molecule has 1 amide bonds. The Balaban J connectivity index is 1.25. The second kappa shape index (κ2) is 7.12. The van der Waals surface area contributed by atoms with Crippen molar-refractivity contribution in [2.75, 3.05) is 19.7 Å². The second-order valence-corrected chi connectivity index (χ2v) is 9.42. The molecule has 148 valence electrons. The van der Waals surface area contributed by atoms with Gasteiger partial charge in [0.25, 0.3) is 5.91 Å². The lowest BCUT2D eigenvalue weighted by Gasteiger charge is -2.54. The molecule has 4 saturated carbocycles. The lowest BCUT2D eigenvalue weighted by atomic mass is 9.54. The van der Waals surface area contributed by atoms with Crippen LogP contribution in [-0.4, -0.2) is 41.4 Å². The van der Waals surface area contributed by atoms with E-state index in [9.17, 15) is 4.79 Å². The van der Waals surface area contributed by atoms with Crippen LogP contribution in [0, 0.1) is 29.6 Å². The van der Waals surface area contributed by atoms with Crippen LogP contribution in [0.2, 0.25) is 0 Å². The standard InChI is InChI=1S/C21H32N4O2/c1-25-21(27-12-13-2-4-22-5-3-13)18(11-23-25)20(26)24-19-16-7-14-6-15(9-16)10-17(19)8-14/h11,13-17,19,22H,2-10,12H2,1H3,(H,24,26). The molecular formula is C21H32N4O2. The third kappa shape index (κ3) is 3.37. The van der Waals surface area contributed by atoms with Crippen molar-refractivity contribution in [3.05, 3.63) is 11.8 Å². The molecular weight excluding hydrogens is 340 g/mol. The van der Waals surface area contributed by atoms with Crippen LogP contribution in [0.1, 0.15) is 55.3 Å². The number of carbonyl (C=O) groups excluding carboxylic acids is 1. The number of rotatable bonds is 5. The van der Waals surface area contributed by atoms with E-state index in [1.807, 2.05) is 7.05 Å². The predicted molar refractivity (Wildman–Crippen MR) is 103 cm³/mol. The van der Waals surface area contributed by atoms with Gasteiger partial charge in [0.1, 0.15) is 5.56 Å². The van der Waals surface area contributed by atoms with E-state index in [-0.39, 0.29) is 5.91 Å². The molecule has 27 heavy (non-hydrogen) atoms. The van der Waals surface area contributed by atoms with Gasteiger partial charge in [0.05, 0.1) is 12.8 Å².